The van der Waals surface area contributed by atoms with Gasteiger partial charge in [0.25, 0.3) is 5.91 Å². The number of amides is 1. The molecule has 3 aromatic rings. The van der Waals surface area contributed by atoms with Crippen LogP contribution in [-0.2, 0) is 0 Å². The first-order valence-corrected chi connectivity index (χ1v) is 6.43. The summed E-state index contributed by atoms with van der Waals surface area (Å²) in [5.41, 5.74) is 2.33. The Kier molecular flexibility index (Phi) is 3.17. The van der Waals surface area contributed by atoms with E-state index in [1.54, 1.807) is 44.4 Å². The van der Waals surface area contributed by atoms with Crippen LogP contribution in [0.1, 0.15) is 10.4 Å². The highest BCUT2D eigenvalue weighted by Gasteiger charge is 2.11. The summed E-state index contributed by atoms with van der Waals surface area (Å²) < 4.78 is 18.7. The number of carbonyl (C=O) groups is 1. The molecule has 0 N–H and O–H groups in total. The summed E-state index contributed by atoms with van der Waals surface area (Å²) in [7, 11) is 3.40. The van der Waals surface area contributed by atoms with E-state index >= 15 is 0 Å². The van der Waals surface area contributed by atoms with Crippen molar-refractivity contribution < 1.29 is 13.6 Å². The largest absolute Gasteiger partial charge is 0.436 e. The molecule has 2 aromatic carbocycles. The van der Waals surface area contributed by atoms with Crippen LogP contribution < -0.4 is 0 Å². The molecule has 0 spiro atoms. The van der Waals surface area contributed by atoms with Crippen molar-refractivity contribution in [1.29, 1.82) is 0 Å². The minimum absolute atomic E-state index is 0.0683. The van der Waals surface area contributed by atoms with E-state index in [1.165, 1.54) is 17.0 Å². The highest BCUT2D eigenvalue weighted by molar-refractivity contribution is 5.94. The van der Waals surface area contributed by atoms with E-state index in [9.17, 15) is 9.18 Å². The molecule has 0 radical (unpaired) electrons. The Hall–Kier alpha value is -2.69. The molecule has 0 fully saturated rings. The Morgan fingerprint density at radius 3 is 2.52 bits per heavy atom. The van der Waals surface area contributed by atoms with Crippen LogP contribution in [0.3, 0.4) is 0 Å². The smallest absolute Gasteiger partial charge is 0.253 e. The molecular formula is C16H13FN2O2. The minimum atomic E-state index is -0.364. The fourth-order valence-electron chi connectivity index (χ4n) is 2.04. The first-order valence-electron chi connectivity index (χ1n) is 6.43. The van der Waals surface area contributed by atoms with Gasteiger partial charge in [-0.05, 0) is 36.4 Å². The van der Waals surface area contributed by atoms with Crippen LogP contribution in [0.15, 0.2) is 46.9 Å². The van der Waals surface area contributed by atoms with Gasteiger partial charge in [-0.2, -0.15) is 0 Å². The molecule has 0 saturated heterocycles. The summed E-state index contributed by atoms with van der Waals surface area (Å²) in [5.74, 6) is -0.0298. The molecule has 0 aliphatic rings. The molecule has 106 valence electrons. The lowest BCUT2D eigenvalue weighted by atomic mass is 10.1. The quantitative estimate of drug-likeness (QED) is 0.725. The number of oxazole rings is 1. The number of aromatic nitrogens is 1. The molecule has 4 nitrogen and oxygen atoms in total. The third-order valence-electron chi connectivity index (χ3n) is 3.14. The number of hydrogen-bond donors (Lipinski definition) is 0. The van der Waals surface area contributed by atoms with Crippen molar-refractivity contribution in [3.8, 4) is 11.5 Å². The molecule has 21 heavy (non-hydrogen) atoms. The standard InChI is InChI=1S/C16H13FN2O2/c1-19(2)16(20)11-5-3-10(4-6-11)15-18-13-8-7-12(17)9-14(13)21-15/h3-9H,1-2H3. The number of halogens is 1. The topological polar surface area (TPSA) is 46.3 Å². The van der Waals surface area contributed by atoms with Gasteiger partial charge in [-0.15, -0.1) is 0 Å². The maximum absolute atomic E-state index is 13.1. The first-order chi connectivity index (χ1) is 10.0. The average molecular weight is 284 g/mol. The van der Waals surface area contributed by atoms with Crippen molar-refractivity contribution >= 4 is 17.0 Å². The summed E-state index contributed by atoms with van der Waals surface area (Å²) in [5, 5.41) is 0. The van der Waals surface area contributed by atoms with E-state index < -0.39 is 0 Å². The molecule has 0 aliphatic heterocycles. The van der Waals surface area contributed by atoms with Crippen LogP contribution in [0.2, 0.25) is 0 Å². The molecule has 1 heterocycles. The fourth-order valence-corrected chi connectivity index (χ4v) is 2.04. The van der Waals surface area contributed by atoms with Crippen molar-refractivity contribution in [3.63, 3.8) is 0 Å². The molecule has 0 unspecified atom stereocenters. The summed E-state index contributed by atoms with van der Waals surface area (Å²) in [6, 6.07) is 11.2. The van der Waals surface area contributed by atoms with Crippen LogP contribution in [0.4, 0.5) is 4.39 Å². The normalized spacial score (nSPS) is 10.8. The summed E-state index contributed by atoms with van der Waals surface area (Å²) >= 11 is 0. The molecule has 1 aromatic heterocycles. The second-order valence-corrected chi connectivity index (χ2v) is 4.91. The summed E-state index contributed by atoms with van der Waals surface area (Å²) in [6.07, 6.45) is 0. The highest BCUT2D eigenvalue weighted by atomic mass is 19.1. The van der Waals surface area contributed by atoms with Crippen molar-refractivity contribution in [1.82, 2.24) is 9.88 Å². The third-order valence-corrected chi connectivity index (χ3v) is 3.14. The minimum Gasteiger partial charge on any atom is -0.436 e. The summed E-state index contributed by atoms with van der Waals surface area (Å²) in [6.45, 7) is 0. The van der Waals surface area contributed by atoms with Gasteiger partial charge in [0.2, 0.25) is 5.89 Å². The highest BCUT2D eigenvalue weighted by Crippen LogP contribution is 2.25. The van der Waals surface area contributed by atoms with Crippen LogP contribution in [0.5, 0.6) is 0 Å². The van der Waals surface area contributed by atoms with E-state index in [4.69, 9.17) is 4.42 Å². The zero-order valence-corrected chi connectivity index (χ0v) is 11.6. The van der Waals surface area contributed by atoms with Crippen LogP contribution >= 0.6 is 0 Å². The van der Waals surface area contributed by atoms with Gasteiger partial charge in [0.15, 0.2) is 5.58 Å². The van der Waals surface area contributed by atoms with E-state index in [1.807, 2.05) is 0 Å². The number of rotatable bonds is 2. The lowest BCUT2D eigenvalue weighted by Gasteiger charge is -2.09. The van der Waals surface area contributed by atoms with E-state index in [2.05, 4.69) is 4.98 Å². The van der Waals surface area contributed by atoms with Gasteiger partial charge in [0, 0.05) is 31.3 Å². The number of nitrogens with zero attached hydrogens (tertiary/aromatic N) is 2. The van der Waals surface area contributed by atoms with Gasteiger partial charge in [0.1, 0.15) is 11.3 Å². The second-order valence-electron chi connectivity index (χ2n) is 4.91. The molecule has 0 aliphatic carbocycles. The maximum atomic E-state index is 13.1. The van der Waals surface area contributed by atoms with Crippen molar-refractivity contribution in [2.45, 2.75) is 0 Å². The van der Waals surface area contributed by atoms with Crippen LogP contribution in [-0.4, -0.2) is 29.9 Å². The van der Waals surface area contributed by atoms with Crippen molar-refractivity contribution in [2.75, 3.05) is 14.1 Å². The Morgan fingerprint density at radius 1 is 1.14 bits per heavy atom. The molecule has 5 heteroatoms. The predicted octanol–water partition coefficient (Wildman–Crippen LogP) is 3.34. The molecular weight excluding hydrogens is 271 g/mol. The van der Waals surface area contributed by atoms with Gasteiger partial charge in [-0.25, -0.2) is 9.37 Å². The van der Waals surface area contributed by atoms with E-state index in [0.717, 1.165) is 5.56 Å². The molecule has 0 bridgehead atoms. The van der Waals surface area contributed by atoms with Crippen LogP contribution in [0.25, 0.3) is 22.6 Å². The third kappa shape index (κ3) is 2.50. The molecule has 0 saturated carbocycles. The zero-order chi connectivity index (χ0) is 15.0. The number of hydrogen-bond acceptors (Lipinski definition) is 3. The van der Waals surface area contributed by atoms with Gasteiger partial charge in [0.05, 0.1) is 0 Å². The zero-order valence-electron chi connectivity index (χ0n) is 11.6. The molecule has 0 atom stereocenters. The SMILES string of the molecule is CN(C)C(=O)c1ccc(-c2nc3ccc(F)cc3o2)cc1. The molecule has 3 rings (SSSR count). The van der Waals surface area contributed by atoms with Crippen molar-refractivity contribution in [3.05, 3.63) is 53.8 Å². The summed E-state index contributed by atoms with van der Waals surface area (Å²) in [4.78, 5) is 17.6. The van der Waals surface area contributed by atoms with Crippen molar-refractivity contribution in [2.24, 2.45) is 0 Å². The predicted molar refractivity (Wildman–Crippen MR) is 77.4 cm³/mol. The Balaban J connectivity index is 1.97. The molecule has 1 amide bonds. The van der Waals surface area contributed by atoms with E-state index in [0.29, 0.717) is 22.6 Å². The average Bonchev–Trinajstić information content (AvgIpc) is 2.89. The fraction of sp³-hybridized carbons (Fsp3) is 0.125. The number of carbonyl (C=O) groups excluding carboxylic acids is 1. The monoisotopic (exact) mass is 284 g/mol. The van der Waals surface area contributed by atoms with Gasteiger partial charge in [-0.1, -0.05) is 0 Å². The van der Waals surface area contributed by atoms with Gasteiger partial charge < -0.3 is 9.32 Å². The Morgan fingerprint density at radius 2 is 1.86 bits per heavy atom. The number of fused-ring (bicyclic) bond motifs is 1. The Bertz CT molecular complexity index is 807. The van der Waals surface area contributed by atoms with E-state index in [-0.39, 0.29) is 11.7 Å². The lowest BCUT2D eigenvalue weighted by molar-refractivity contribution is 0.0827. The van der Waals surface area contributed by atoms with Gasteiger partial charge >= 0.3 is 0 Å². The number of benzene rings is 2. The van der Waals surface area contributed by atoms with Gasteiger partial charge in [-0.3, -0.25) is 4.79 Å². The maximum Gasteiger partial charge on any atom is 0.253 e. The first kappa shape index (κ1) is 13.3. The Labute approximate surface area is 120 Å². The van der Waals surface area contributed by atoms with Crippen LogP contribution in [0, 0.1) is 5.82 Å². The second kappa shape index (κ2) is 5.01. The lowest BCUT2D eigenvalue weighted by Crippen LogP contribution is -2.21.